The van der Waals surface area contributed by atoms with Crippen LogP contribution in [0.3, 0.4) is 0 Å². The second-order valence-corrected chi connectivity index (χ2v) is 5.40. The summed E-state index contributed by atoms with van der Waals surface area (Å²) in [6.07, 6.45) is 0.832. The molecule has 1 aromatic heterocycles. The highest BCUT2D eigenvalue weighted by Gasteiger charge is 2.11. The molecule has 0 unspecified atom stereocenters. The molecule has 0 aliphatic heterocycles. The number of para-hydroxylation sites is 1. The van der Waals surface area contributed by atoms with Crippen LogP contribution >= 0.6 is 23.2 Å². The van der Waals surface area contributed by atoms with E-state index in [4.69, 9.17) is 23.2 Å². The van der Waals surface area contributed by atoms with E-state index in [0.29, 0.717) is 16.5 Å². The van der Waals surface area contributed by atoms with Crippen molar-refractivity contribution in [3.05, 3.63) is 58.0 Å². The molecule has 1 heterocycles. The largest absolute Gasteiger partial charge is 0.228 e. The molecule has 3 rings (SSSR count). The first-order valence-corrected chi connectivity index (χ1v) is 7.26. The van der Waals surface area contributed by atoms with Gasteiger partial charge >= 0.3 is 0 Å². The van der Waals surface area contributed by atoms with Gasteiger partial charge in [0.05, 0.1) is 10.5 Å². The third-order valence-electron chi connectivity index (χ3n) is 3.32. The summed E-state index contributed by atoms with van der Waals surface area (Å²) in [5.41, 5.74) is 2.42. The van der Waals surface area contributed by atoms with E-state index in [1.807, 2.05) is 25.1 Å². The molecule has 0 saturated carbocycles. The van der Waals surface area contributed by atoms with Crippen molar-refractivity contribution in [1.29, 1.82) is 0 Å². The molecule has 21 heavy (non-hydrogen) atoms. The monoisotopic (exact) mass is 320 g/mol. The number of hydrogen-bond donors (Lipinski definition) is 0. The van der Waals surface area contributed by atoms with Crippen LogP contribution in [0, 0.1) is 5.82 Å². The topological polar surface area (TPSA) is 25.8 Å². The van der Waals surface area contributed by atoms with Crippen molar-refractivity contribution in [3.8, 4) is 11.4 Å². The average Bonchev–Trinajstić information content (AvgIpc) is 2.49. The molecule has 0 fully saturated rings. The van der Waals surface area contributed by atoms with Crippen LogP contribution in [0.1, 0.15) is 12.5 Å². The molecule has 3 aromatic rings. The molecule has 0 spiro atoms. The first-order chi connectivity index (χ1) is 10.1. The van der Waals surface area contributed by atoms with Gasteiger partial charge in [-0.25, -0.2) is 14.4 Å². The molecule has 0 amide bonds. The fourth-order valence-electron chi connectivity index (χ4n) is 2.22. The van der Waals surface area contributed by atoms with Crippen LogP contribution in [0.4, 0.5) is 4.39 Å². The smallest absolute Gasteiger partial charge is 0.161 e. The van der Waals surface area contributed by atoms with E-state index in [1.54, 1.807) is 6.07 Å². The summed E-state index contributed by atoms with van der Waals surface area (Å²) in [4.78, 5) is 8.80. The molecule has 2 nitrogen and oxygen atoms in total. The van der Waals surface area contributed by atoms with Gasteiger partial charge in [0.2, 0.25) is 0 Å². The lowest BCUT2D eigenvalue weighted by atomic mass is 10.1. The van der Waals surface area contributed by atoms with E-state index in [1.165, 1.54) is 12.1 Å². The van der Waals surface area contributed by atoms with E-state index < -0.39 is 5.82 Å². The van der Waals surface area contributed by atoms with Crippen LogP contribution in [-0.2, 0) is 6.42 Å². The minimum absolute atomic E-state index is 0.0693. The van der Waals surface area contributed by atoms with Gasteiger partial charge in [0.25, 0.3) is 0 Å². The Morgan fingerprint density at radius 3 is 2.62 bits per heavy atom. The van der Waals surface area contributed by atoms with Gasteiger partial charge in [-0.3, -0.25) is 0 Å². The maximum atomic E-state index is 13.6. The number of aryl methyl sites for hydroxylation is 1. The Bertz CT molecular complexity index is 834. The predicted octanol–water partition coefficient (Wildman–Crippen LogP) is 5.31. The summed E-state index contributed by atoms with van der Waals surface area (Å²) in [7, 11) is 0. The Kier molecular flexibility index (Phi) is 3.79. The van der Waals surface area contributed by atoms with Crippen molar-refractivity contribution in [1.82, 2.24) is 9.97 Å². The van der Waals surface area contributed by atoms with Crippen LogP contribution < -0.4 is 0 Å². The van der Waals surface area contributed by atoms with E-state index in [2.05, 4.69) is 9.97 Å². The molecule has 0 radical (unpaired) electrons. The highest BCUT2D eigenvalue weighted by Crippen LogP contribution is 2.28. The molecule has 0 N–H and O–H groups in total. The molecule has 2 aromatic carbocycles. The molecule has 0 saturated heterocycles. The van der Waals surface area contributed by atoms with Gasteiger partial charge in [-0.15, -0.1) is 0 Å². The van der Waals surface area contributed by atoms with Gasteiger partial charge in [-0.05, 0) is 36.2 Å². The van der Waals surface area contributed by atoms with Gasteiger partial charge < -0.3 is 0 Å². The van der Waals surface area contributed by atoms with Crippen molar-refractivity contribution < 1.29 is 4.39 Å². The molecular formula is C16H11Cl2FN2. The summed E-state index contributed by atoms with van der Waals surface area (Å²) >= 11 is 11.9. The van der Waals surface area contributed by atoms with Crippen molar-refractivity contribution in [2.24, 2.45) is 0 Å². The maximum Gasteiger partial charge on any atom is 0.161 e. The van der Waals surface area contributed by atoms with Crippen molar-refractivity contribution in [3.63, 3.8) is 0 Å². The highest BCUT2D eigenvalue weighted by molar-refractivity contribution is 6.34. The zero-order valence-electron chi connectivity index (χ0n) is 11.2. The van der Waals surface area contributed by atoms with Gasteiger partial charge in [-0.1, -0.05) is 42.3 Å². The second-order valence-electron chi connectivity index (χ2n) is 4.63. The van der Waals surface area contributed by atoms with Crippen LogP contribution in [-0.4, -0.2) is 9.97 Å². The first kappa shape index (κ1) is 14.2. The van der Waals surface area contributed by atoms with Gasteiger partial charge in [0.15, 0.2) is 5.82 Å². The minimum Gasteiger partial charge on any atom is -0.228 e. The van der Waals surface area contributed by atoms with E-state index >= 15 is 0 Å². The van der Waals surface area contributed by atoms with Crippen molar-refractivity contribution in [2.75, 3.05) is 0 Å². The van der Waals surface area contributed by atoms with E-state index in [9.17, 15) is 4.39 Å². The minimum atomic E-state index is -0.502. The average molecular weight is 321 g/mol. The number of rotatable bonds is 2. The Labute approximate surface area is 131 Å². The Morgan fingerprint density at radius 2 is 1.90 bits per heavy atom. The number of nitrogens with zero attached hydrogens (tertiary/aromatic N) is 2. The van der Waals surface area contributed by atoms with E-state index in [-0.39, 0.29) is 5.02 Å². The third-order valence-corrected chi connectivity index (χ3v) is 3.92. The number of hydrogen-bond acceptors (Lipinski definition) is 2. The van der Waals surface area contributed by atoms with Crippen LogP contribution in [0.2, 0.25) is 10.2 Å². The Morgan fingerprint density at radius 1 is 1.10 bits per heavy atom. The summed E-state index contributed by atoms with van der Waals surface area (Å²) in [5.74, 6) is -0.110. The summed E-state index contributed by atoms with van der Waals surface area (Å²) < 4.78 is 13.6. The van der Waals surface area contributed by atoms with Gasteiger partial charge in [-0.2, -0.15) is 0 Å². The normalized spacial score (nSPS) is 11.0. The molecule has 0 aliphatic carbocycles. The lowest BCUT2D eigenvalue weighted by Crippen LogP contribution is -1.95. The molecule has 106 valence electrons. The molecule has 0 atom stereocenters. The Balaban J connectivity index is 2.26. The van der Waals surface area contributed by atoms with Crippen LogP contribution in [0.5, 0.6) is 0 Å². The second kappa shape index (κ2) is 5.58. The fraction of sp³-hybridized carbons (Fsp3) is 0.125. The number of aromatic nitrogens is 2. The third kappa shape index (κ3) is 2.59. The molecule has 0 aliphatic rings. The number of halogens is 3. The first-order valence-electron chi connectivity index (χ1n) is 6.50. The Hall–Kier alpha value is -1.71. The highest BCUT2D eigenvalue weighted by atomic mass is 35.5. The van der Waals surface area contributed by atoms with Crippen molar-refractivity contribution >= 4 is 34.1 Å². The fourth-order valence-corrected chi connectivity index (χ4v) is 2.57. The van der Waals surface area contributed by atoms with Crippen molar-refractivity contribution in [2.45, 2.75) is 13.3 Å². The SMILES string of the molecule is CCc1cccc2c(Cl)nc(-c3ccc(Cl)c(F)c3)nc12. The number of fused-ring (bicyclic) bond motifs is 1. The summed E-state index contributed by atoms with van der Waals surface area (Å²) in [6.45, 7) is 2.05. The summed E-state index contributed by atoms with van der Waals surface area (Å²) in [5, 5.41) is 1.23. The number of benzene rings is 2. The van der Waals surface area contributed by atoms with Gasteiger partial charge in [0.1, 0.15) is 11.0 Å². The maximum absolute atomic E-state index is 13.6. The standard InChI is InChI=1S/C16H11Cl2FN2/c1-2-9-4-3-5-11-14(9)20-16(21-15(11)18)10-6-7-12(17)13(19)8-10/h3-8H,2H2,1H3. The lowest BCUT2D eigenvalue weighted by molar-refractivity contribution is 0.628. The van der Waals surface area contributed by atoms with Gasteiger partial charge in [0, 0.05) is 10.9 Å². The zero-order chi connectivity index (χ0) is 15.0. The van der Waals surface area contributed by atoms with E-state index in [0.717, 1.165) is 22.9 Å². The quantitative estimate of drug-likeness (QED) is 0.598. The van der Waals surface area contributed by atoms with Crippen LogP contribution in [0.25, 0.3) is 22.3 Å². The zero-order valence-corrected chi connectivity index (χ0v) is 12.7. The summed E-state index contributed by atoms with van der Waals surface area (Å²) in [6, 6.07) is 10.3. The molecule has 5 heteroatoms. The predicted molar refractivity (Wildman–Crippen MR) is 84.3 cm³/mol. The molecular weight excluding hydrogens is 310 g/mol. The molecule has 0 bridgehead atoms. The lowest BCUT2D eigenvalue weighted by Gasteiger charge is -2.08. The van der Waals surface area contributed by atoms with Crippen LogP contribution in [0.15, 0.2) is 36.4 Å².